The number of benzene rings is 2. The molecule has 34 heavy (non-hydrogen) atoms. The molecule has 0 saturated carbocycles. The predicted octanol–water partition coefficient (Wildman–Crippen LogP) is 3.81. The van der Waals surface area contributed by atoms with Crippen LogP contribution in [0.25, 0.3) is 0 Å². The third-order valence-corrected chi connectivity index (χ3v) is 7.67. The van der Waals surface area contributed by atoms with Crippen molar-refractivity contribution in [3.8, 4) is 11.5 Å². The van der Waals surface area contributed by atoms with E-state index in [4.69, 9.17) is 9.16 Å². The number of hydrogen-bond acceptors (Lipinski definition) is 6. The summed E-state index contributed by atoms with van der Waals surface area (Å²) in [6, 6.07) is 11.3. The Morgan fingerprint density at radius 2 is 1.53 bits per heavy atom. The quantitative estimate of drug-likeness (QED) is 0.373. The van der Waals surface area contributed by atoms with E-state index in [0.29, 0.717) is 17.9 Å². The first kappa shape index (κ1) is 28.4. The van der Waals surface area contributed by atoms with E-state index in [0.717, 1.165) is 0 Å². The molecule has 2 aromatic rings. The van der Waals surface area contributed by atoms with Gasteiger partial charge >= 0.3 is 0 Å². The Morgan fingerprint density at radius 3 is 1.97 bits per heavy atom. The minimum Gasteiger partial charge on any atom is -0.457 e. The normalized spacial score (nSPS) is 15.2. The van der Waals surface area contributed by atoms with Crippen molar-refractivity contribution < 1.29 is 32.2 Å². The van der Waals surface area contributed by atoms with Gasteiger partial charge in [0.05, 0.1) is 23.1 Å². The van der Waals surface area contributed by atoms with Crippen molar-refractivity contribution in [2.75, 3.05) is 13.2 Å². The van der Waals surface area contributed by atoms with Gasteiger partial charge in [0.2, 0.25) is 10.0 Å². The van der Waals surface area contributed by atoms with Crippen molar-refractivity contribution in [2.45, 2.75) is 63.2 Å². The van der Waals surface area contributed by atoms with Crippen LogP contribution in [0.1, 0.15) is 33.6 Å². The van der Waals surface area contributed by atoms with Crippen LogP contribution in [0.15, 0.2) is 53.4 Å². The first-order chi connectivity index (χ1) is 15.8. The molecular formula is C24H36FNO6SSi. The van der Waals surface area contributed by atoms with Crippen molar-refractivity contribution in [1.82, 2.24) is 4.72 Å². The van der Waals surface area contributed by atoms with Gasteiger partial charge < -0.3 is 19.4 Å². The molecule has 10 heteroatoms. The Labute approximate surface area is 203 Å². The molecule has 0 aliphatic carbocycles. The Balaban J connectivity index is 2.36. The molecule has 2 rings (SSSR count). The fraction of sp³-hybridized carbons (Fsp3) is 0.500. The summed E-state index contributed by atoms with van der Waals surface area (Å²) in [6.45, 7) is 9.16. The van der Waals surface area contributed by atoms with Gasteiger partial charge in [-0.1, -0.05) is 20.8 Å². The van der Waals surface area contributed by atoms with E-state index < -0.39 is 42.7 Å². The van der Waals surface area contributed by atoms with E-state index in [1.54, 1.807) is 0 Å². The van der Waals surface area contributed by atoms with Crippen molar-refractivity contribution >= 4 is 19.1 Å². The Hall–Kier alpha value is -1.82. The van der Waals surface area contributed by atoms with E-state index in [1.807, 2.05) is 33.9 Å². The Morgan fingerprint density at radius 1 is 1.00 bits per heavy atom. The van der Waals surface area contributed by atoms with Crippen LogP contribution in [0.4, 0.5) is 4.39 Å². The van der Waals surface area contributed by atoms with E-state index in [1.165, 1.54) is 48.5 Å². The van der Waals surface area contributed by atoms with Gasteiger partial charge in [0.15, 0.2) is 9.04 Å². The lowest BCUT2D eigenvalue weighted by atomic mass is 9.75. The summed E-state index contributed by atoms with van der Waals surface area (Å²) in [7, 11) is -5.67. The molecule has 0 spiro atoms. The second kappa shape index (κ2) is 11.7. The zero-order valence-electron chi connectivity index (χ0n) is 20.4. The molecule has 7 nitrogen and oxygen atoms in total. The molecule has 0 bridgehead atoms. The van der Waals surface area contributed by atoms with Crippen LogP contribution in [0.3, 0.4) is 0 Å². The highest BCUT2D eigenvalue weighted by molar-refractivity contribution is 7.89. The van der Waals surface area contributed by atoms with Gasteiger partial charge in [0.1, 0.15) is 17.3 Å². The van der Waals surface area contributed by atoms with Gasteiger partial charge in [-0.25, -0.2) is 17.5 Å². The minimum atomic E-state index is -4.06. The van der Waals surface area contributed by atoms with Crippen LogP contribution in [0.5, 0.6) is 11.5 Å². The summed E-state index contributed by atoms with van der Waals surface area (Å²) in [5.74, 6) is 0.425. The second-order valence-electron chi connectivity index (χ2n) is 9.71. The van der Waals surface area contributed by atoms with Gasteiger partial charge in [-0.3, -0.25) is 0 Å². The van der Waals surface area contributed by atoms with Gasteiger partial charge in [-0.15, -0.1) is 0 Å². The monoisotopic (exact) mass is 513 g/mol. The highest BCUT2D eigenvalue weighted by Crippen LogP contribution is 2.36. The lowest BCUT2D eigenvalue weighted by Crippen LogP contribution is -2.64. The molecule has 0 saturated heterocycles. The highest BCUT2D eigenvalue weighted by Gasteiger charge is 2.48. The molecule has 0 amide bonds. The number of halogens is 1. The molecule has 3 N–H and O–H groups in total. The topological polar surface area (TPSA) is 105 Å². The van der Waals surface area contributed by atoms with Gasteiger partial charge in [-0.05, 0) is 79.9 Å². The van der Waals surface area contributed by atoms with Crippen molar-refractivity contribution in [2.24, 2.45) is 5.41 Å². The van der Waals surface area contributed by atoms with E-state index >= 15 is 0 Å². The number of aliphatic hydroxyl groups excluding tert-OH is 2. The van der Waals surface area contributed by atoms with Crippen molar-refractivity contribution in [1.29, 1.82) is 0 Å². The molecule has 0 heterocycles. The van der Waals surface area contributed by atoms with Gasteiger partial charge in [-0.2, -0.15) is 0 Å². The number of sulfonamides is 1. The van der Waals surface area contributed by atoms with Crippen LogP contribution in [-0.4, -0.2) is 52.5 Å². The fourth-order valence-electron chi connectivity index (χ4n) is 3.91. The molecule has 2 atom stereocenters. The highest BCUT2D eigenvalue weighted by atomic mass is 32.2. The van der Waals surface area contributed by atoms with Gasteiger partial charge in [0.25, 0.3) is 0 Å². The lowest BCUT2D eigenvalue weighted by molar-refractivity contribution is -0.0252. The first-order valence-electron chi connectivity index (χ1n) is 11.3. The van der Waals surface area contributed by atoms with Crippen molar-refractivity contribution in [3.63, 3.8) is 0 Å². The summed E-state index contributed by atoms with van der Waals surface area (Å²) >= 11 is 0. The van der Waals surface area contributed by atoms with E-state index in [9.17, 15) is 23.0 Å². The molecule has 0 fully saturated rings. The number of rotatable bonds is 12. The zero-order valence-corrected chi connectivity index (χ0v) is 22.4. The average molecular weight is 514 g/mol. The van der Waals surface area contributed by atoms with Crippen molar-refractivity contribution in [3.05, 3.63) is 54.3 Å². The molecule has 2 aromatic carbocycles. The lowest BCUT2D eigenvalue weighted by Gasteiger charge is -2.47. The maximum atomic E-state index is 13.4. The minimum absolute atomic E-state index is 0.00442. The SMILES string of the molecule is C[SiH](C)OC(C(C)(C)C)C(CO)(CCCO)NS(=O)(=O)c1ccc(Oc2ccc(F)cc2)cc1. The molecule has 0 aliphatic heterocycles. The molecule has 190 valence electrons. The third-order valence-electron chi connectivity index (χ3n) is 5.28. The molecule has 2 unspecified atom stereocenters. The maximum Gasteiger partial charge on any atom is 0.241 e. The third kappa shape index (κ3) is 7.59. The summed E-state index contributed by atoms with van der Waals surface area (Å²) < 4.78 is 54.5. The number of aliphatic hydroxyl groups is 2. The number of ether oxygens (including phenoxy) is 1. The summed E-state index contributed by atoms with van der Waals surface area (Å²) in [5, 5.41) is 19.9. The average Bonchev–Trinajstić information content (AvgIpc) is 2.76. The van der Waals surface area contributed by atoms with Crippen LogP contribution < -0.4 is 9.46 Å². The Kier molecular flexibility index (Phi) is 9.81. The summed E-state index contributed by atoms with van der Waals surface area (Å²) in [5.41, 5.74) is -1.80. The first-order valence-corrected chi connectivity index (χ1v) is 15.5. The smallest absolute Gasteiger partial charge is 0.241 e. The van der Waals surface area contributed by atoms with E-state index in [2.05, 4.69) is 4.72 Å². The van der Waals surface area contributed by atoms with Crippen LogP contribution in [0.2, 0.25) is 13.1 Å². The molecule has 0 aliphatic rings. The van der Waals surface area contributed by atoms with Crippen LogP contribution >= 0.6 is 0 Å². The van der Waals surface area contributed by atoms with Crippen LogP contribution in [0, 0.1) is 11.2 Å². The van der Waals surface area contributed by atoms with Crippen LogP contribution in [-0.2, 0) is 14.4 Å². The Bertz CT molecular complexity index is 1010. The predicted molar refractivity (Wildman–Crippen MR) is 133 cm³/mol. The fourth-order valence-corrected chi connectivity index (χ4v) is 6.55. The standard InChI is InChI=1S/C24H36FNO6SSi/c1-23(2,3)22(32-34(4)5)24(17-28,15-6-16-27)26-33(29,30)21-13-11-20(12-14-21)31-19-9-7-18(25)8-10-19/h7-14,22,26-28,34H,6,15-17H2,1-5H3. The maximum absolute atomic E-state index is 13.4. The zero-order chi connectivity index (χ0) is 25.6. The second-order valence-corrected chi connectivity index (χ2v) is 13.8. The molecule has 0 radical (unpaired) electrons. The molecular weight excluding hydrogens is 477 g/mol. The largest absolute Gasteiger partial charge is 0.457 e. The molecule has 0 aromatic heterocycles. The summed E-state index contributed by atoms with van der Waals surface area (Å²) in [4.78, 5) is -0.00442. The van der Waals surface area contributed by atoms with E-state index in [-0.39, 0.29) is 23.7 Å². The number of hydrogen-bond donors (Lipinski definition) is 3. The summed E-state index contributed by atoms with van der Waals surface area (Å²) in [6.07, 6.45) is -0.115. The van der Waals surface area contributed by atoms with Gasteiger partial charge in [0, 0.05) is 6.61 Å². The number of nitrogens with one attached hydrogen (secondary N) is 1.